The highest BCUT2D eigenvalue weighted by Crippen LogP contribution is 2.43. The first-order valence-electron chi connectivity index (χ1n) is 9.46. The predicted molar refractivity (Wildman–Crippen MR) is 117 cm³/mol. The number of halogens is 1. The van der Waals surface area contributed by atoms with Gasteiger partial charge in [0.15, 0.2) is 0 Å². The summed E-state index contributed by atoms with van der Waals surface area (Å²) >= 11 is 1.67. The summed E-state index contributed by atoms with van der Waals surface area (Å²) in [5, 5.41) is 13.4. The molecule has 0 amide bonds. The van der Waals surface area contributed by atoms with Crippen LogP contribution < -0.4 is 5.32 Å². The number of rotatable bonds is 4. The molecule has 2 aliphatic rings. The summed E-state index contributed by atoms with van der Waals surface area (Å²) in [6, 6.07) is 7.33. The Morgan fingerprint density at radius 2 is 2.14 bits per heavy atom. The summed E-state index contributed by atoms with van der Waals surface area (Å²) < 4.78 is 14.8. The maximum atomic E-state index is 14.8. The Labute approximate surface area is 169 Å². The lowest BCUT2D eigenvalue weighted by Gasteiger charge is -2.25. The molecule has 0 spiro atoms. The molecule has 5 heteroatoms. The van der Waals surface area contributed by atoms with Gasteiger partial charge in [-0.1, -0.05) is 32.2 Å². The van der Waals surface area contributed by atoms with E-state index < -0.39 is 0 Å². The SMILES string of the molecule is C=C1Nc2sccc2C(C)=C1C1=NN(C(=C)CC)C(c2ccc(C)cc2F)C1. The average molecular weight is 394 g/mol. The minimum atomic E-state index is -0.194. The highest BCUT2D eigenvalue weighted by atomic mass is 32.1. The first kappa shape index (κ1) is 18.7. The standard InChI is InChI=1S/C23H24FN3S/c1-6-14(3)27-21(18-8-7-13(2)11-19(18)24)12-20(26-27)22-15(4)17-9-10-28-23(17)25-16(22)5/h7-11,21,25H,3,5-6,12H2,1-2,4H3. The Bertz CT molecular complexity index is 1040. The van der Waals surface area contributed by atoms with Gasteiger partial charge in [-0.15, -0.1) is 11.3 Å². The predicted octanol–water partition coefficient (Wildman–Crippen LogP) is 6.64. The van der Waals surface area contributed by atoms with E-state index in [2.05, 4.69) is 36.8 Å². The Balaban J connectivity index is 1.78. The number of allylic oxidation sites excluding steroid dienone is 3. The third-order valence-corrected chi connectivity index (χ3v) is 6.29. The molecule has 3 nitrogen and oxygen atoms in total. The summed E-state index contributed by atoms with van der Waals surface area (Å²) in [4.78, 5) is 0. The lowest BCUT2D eigenvalue weighted by Crippen LogP contribution is -2.19. The largest absolute Gasteiger partial charge is 0.347 e. The van der Waals surface area contributed by atoms with Gasteiger partial charge in [-0.25, -0.2) is 4.39 Å². The van der Waals surface area contributed by atoms with Crippen molar-refractivity contribution in [3.8, 4) is 0 Å². The van der Waals surface area contributed by atoms with Crippen LogP contribution in [0.1, 0.15) is 49.4 Å². The van der Waals surface area contributed by atoms with Gasteiger partial charge in [0.25, 0.3) is 0 Å². The van der Waals surface area contributed by atoms with E-state index in [1.54, 1.807) is 17.4 Å². The molecule has 1 aromatic carbocycles. The van der Waals surface area contributed by atoms with E-state index in [0.717, 1.165) is 45.2 Å². The number of hydrogen-bond donors (Lipinski definition) is 1. The second-order valence-electron chi connectivity index (χ2n) is 7.32. The summed E-state index contributed by atoms with van der Waals surface area (Å²) in [6.45, 7) is 14.4. The van der Waals surface area contributed by atoms with Gasteiger partial charge < -0.3 is 5.32 Å². The number of benzene rings is 1. The molecule has 0 radical (unpaired) electrons. The third-order valence-electron chi connectivity index (χ3n) is 5.46. The Morgan fingerprint density at radius 3 is 2.86 bits per heavy atom. The van der Waals surface area contributed by atoms with Gasteiger partial charge >= 0.3 is 0 Å². The van der Waals surface area contributed by atoms with E-state index in [9.17, 15) is 4.39 Å². The second kappa shape index (κ2) is 7.06. The summed E-state index contributed by atoms with van der Waals surface area (Å²) in [7, 11) is 0. The van der Waals surface area contributed by atoms with E-state index >= 15 is 0 Å². The van der Waals surface area contributed by atoms with Crippen molar-refractivity contribution >= 4 is 27.6 Å². The van der Waals surface area contributed by atoms with E-state index in [4.69, 9.17) is 5.10 Å². The van der Waals surface area contributed by atoms with Crippen LogP contribution in [0, 0.1) is 12.7 Å². The van der Waals surface area contributed by atoms with Crippen molar-refractivity contribution in [3.05, 3.63) is 82.3 Å². The number of anilines is 1. The normalized spacial score (nSPS) is 18.9. The van der Waals surface area contributed by atoms with Gasteiger partial charge in [-0.05, 0) is 48.9 Å². The van der Waals surface area contributed by atoms with Crippen LogP contribution in [0.15, 0.2) is 64.9 Å². The van der Waals surface area contributed by atoms with Crippen LogP contribution in [-0.2, 0) is 0 Å². The Kier molecular flexibility index (Phi) is 4.71. The first-order valence-corrected chi connectivity index (χ1v) is 10.3. The van der Waals surface area contributed by atoms with Crippen molar-refractivity contribution in [2.45, 2.75) is 39.7 Å². The van der Waals surface area contributed by atoms with E-state index in [1.807, 2.05) is 31.0 Å². The zero-order valence-corrected chi connectivity index (χ0v) is 17.3. The number of hydrazone groups is 1. The van der Waals surface area contributed by atoms with Crippen LogP contribution in [0.25, 0.3) is 5.57 Å². The molecule has 0 aliphatic carbocycles. The van der Waals surface area contributed by atoms with E-state index in [0.29, 0.717) is 12.0 Å². The number of fused-ring (bicyclic) bond motifs is 1. The summed E-state index contributed by atoms with van der Waals surface area (Å²) in [5.41, 5.74) is 7.58. The zero-order chi connectivity index (χ0) is 20.0. The lowest BCUT2D eigenvalue weighted by atomic mass is 9.90. The molecule has 0 bridgehead atoms. The molecule has 0 fully saturated rings. The van der Waals surface area contributed by atoms with Gasteiger partial charge in [-0.2, -0.15) is 5.10 Å². The Morgan fingerprint density at radius 1 is 1.36 bits per heavy atom. The maximum Gasteiger partial charge on any atom is 0.128 e. The molecule has 0 saturated carbocycles. The van der Waals surface area contributed by atoms with Gasteiger partial charge in [0, 0.05) is 34.5 Å². The summed E-state index contributed by atoms with van der Waals surface area (Å²) in [5.74, 6) is -0.193. The van der Waals surface area contributed by atoms with Crippen molar-refractivity contribution < 1.29 is 4.39 Å². The van der Waals surface area contributed by atoms with E-state index in [1.165, 1.54) is 5.56 Å². The molecule has 144 valence electrons. The second-order valence-corrected chi connectivity index (χ2v) is 8.24. The van der Waals surface area contributed by atoms with Crippen LogP contribution in [0.3, 0.4) is 0 Å². The molecule has 3 heterocycles. The monoisotopic (exact) mass is 393 g/mol. The molecule has 28 heavy (non-hydrogen) atoms. The molecule has 4 rings (SSSR count). The smallest absolute Gasteiger partial charge is 0.128 e. The number of thiophene rings is 1. The highest BCUT2D eigenvalue weighted by molar-refractivity contribution is 7.14. The molecule has 2 aliphatic heterocycles. The van der Waals surface area contributed by atoms with E-state index in [-0.39, 0.29) is 11.9 Å². The fourth-order valence-electron chi connectivity index (χ4n) is 3.91. The molecule has 0 saturated heterocycles. The summed E-state index contributed by atoms with van der Waals surface area (Å²) in [6.07, 6.45) is 1.37. The fourth-order valence-corrected chi connectivity index (χ4v) is 4.78. The molecule has 1 atom stereocenters. The van der Waals surface area contributed by atoms with Gasteiger partial charge in [0.1, 0.15) is 10.8 Å². The van der Waals surface area contributed by atoms with Crippen LogP contribution in [0.5, 0.6) is 0 Å². The van der Waals surface area contributed by atoms with Crippen LogP contribution in [0.2, 0.25) is 0 Å². The van der Waals surface area contributed by atoms with Crippen LogP contribution in [0.4, 0.5) is 9.39 Å². The molecule has 1 unspecified atom stereocenters. The number of nitrogens with zero attached hydrogens (tertiary/aromatic N) is 2. The van der Waals surface area contributed by atoms with Gasteiger partial charge in [0.05, 0.1) is 11.8 Å². The molecule has 2 aromatic rings. The quantitative estimate of drug-likeness (QED) is 0.631. The Hall–Kier alpha value is -2.66. The number of hydrogen-bond acceptors (Lipinski definition) is 4. The van der Waals surface area contributed by atoms with Crippen molar-refractivity contribution in [1.82, 2.24) is 5.01 Å². The molecular formula is C23H24FN3S. The van der Waals surface area contributed by atoms with Gasteiger partial charge in [-0.3, -0.25) is 5.01 Å². The van der Waals surface area contributed by atoms with Crippen molar-refractivity contribution in [2.24, 2.45) is 5.10 Å². The van der Waals surface area contributed by atoms with Crippen molar-refractivity contribution in [3.63, 3.8) is 0 Å². The van der Waals surface area contributed by atoms with Crippen LogP contribution in [-0.4, -0.2) is 10.7 Å². The topological polar surface area (TPSA) is 27.6 Å². The number of aryl methyl sites for hydroxylation is 1. The molecular weight excluding hydrogens is 369 g/mol. The highest BCUT2D eigenvalue weighted by Gasteiger charge is 2.35. The van der Waals surface area contributed by atoms with Crippen molar-refractivity contribution in [1.29, 1.82) is 0 Å². The number of nitrogens with one attached hydrogen (secondary N) is 1. The lowest BCUT2D eigenvalue weighted by molar-refractivity contribution is 0.286. The average Bonchev–Trinajstić information content (AvgIpc) is 3.28. The fraction of sp³-hybridized carbons (Fsp3) is 0.261. The minimum Gasteiger partial charge on any atom is -0.347 e. The molecule has 1 aromatic heterocycles. The third kappa shape index (κ3) is 3.00. The molecule has 1 N–H and O–H groups in total. The first-order chi connectivity index (χ1) is 13.4. The van der Waals surface area contributed by atoms with Crippen LogP contribution >= 0.6 is 11.3 Å². The maximum absolute atomic E-state index is 14.8. The van der Waals surface area contributed by atoms with Gasteiger partial charge in [0.2, 0.25) is 0 Å². The van der Waals surface area contributed by atoms with Crippen molar-refractivity contribution in [2.75, 3.05) is 5.32 Å². The zero-order valence-electron chi connectivity index (χ0n) is 16.5. The minimum absolute atomic E-state index is 0.193.